The maximum atomic E-state index is 12.3. The van der Waals surface area contributed by atoms with Gasteiger partial charge in [-0.3, -0.25) is 9.48 Å². The molecule has 7 nitrogen and oxygen atoms in total. The highest BCUT2D eigenvalue weighted by Crippen LogP contribution is 2.12. The van der Waals surface area contributed by atoms with E-state index in [1.54, 1.807) is 23.0 Å². The maximum absolute atomic E-state index is 12.3. The molecule has 1 aromatic heterocycles. The van der Waals surface area contributed by atoms with E-state index >= 15 is 0 Å². The Morgan fingerprint density at radius 3 is 2.72 bits per heavy atom. The largest absolute Gasteiger partial charge is 0.351 e. The molecular formula is C17H22N4O3S. The third kappa shape index (κ3) is 4.67. The third-order valence-corrected chi connectivity index (χ3v) is 6.07. The molecule has 3 rings (SSSR count). The summed E-state index contributed by atoms with van der Waals surface area (Å²) in [4.78, 5) is 12.3. The Labute approximate surface area is 147 Å². The fraction of sp³-hybridized carbons (Fsp3) is 0.412. The molecule has 1 saturated heterocycles. The van der Waals surface area contributed by atoms with Crippen molar-refractivity contribution in [1.29, 1.82) is 0 Å². The minimum atomic E-state index is -3.27. The van der Waals surface area contributed by atoms with Crippen LogP contribution in [-0.4, -0.2) is 53.8 Å². The summed E-state index contributed by atoms with van der Waals surface area (Å²) in [6, 6.07) is 9.10. The molecule has 134 valence electrons. The number of amides is 1. The normalized spacial score (nSPS) is 15.4. The van der Waals surface area contributed by atoms with Gasteiger partial charge < -0.3 is 5.32 Å². The standard InChI is InChI=1S/C17H22N4O3S/c22-17(18-8-12-25(23,24)21-10-1-2-11-21)16-6-3-5-15(13-16)14-20-9-4-7-19-20/h3-7,9,13H,1-2,8,10-12,14H2,(H,18,22). The maximum Gasteiger partial charge on any atom is 0.251 e. The van der Waals surface area contributed by atoms with Crippen molar-refractivity contribution in [3.63, 3.8) is 0 Å². The smallest absolute Gasteiger partial charge is 0.251 e. The van der Waals surface area contributed by atoms with Crippen molar-refractivity contribution < 1.29 is 13.2 Å². The molecule has 0 unspecified atom stereocenters. The molecule has 8 heteroatoms. The first-order chi connectivity index (χ1) is 12.0. The number of hydrogen-bond donors (Lipinski definition) is 1. The molecule has 0 saturated carbocycles. The molecule has 1 aliphatic rings. The van der Waals surface area contributed by atoms with Crippen LogP contribution in [0.2, 0.25) is 0 Å². The van der Waals surface area contributed by atoms with Gasteiger partial charge in [0.05, 0.1) is 12.3 Å². The number of carbonyl (C=O) groups excluding carboxylic acids is 1. The van der Waals surface area contributed by atoms with Crippen LogP contribution >= 0.6 is 0 Å². The van der Waals surface area contributed by atoms with Crippen molar-refractivity contribution in [2.75, 3.05) is 25.4 Å². The molecular weight excluding hydrogens is 340 g/mol. The Kier molecular flexibility index (Phi) is 5.50. The molecule has 0 bridgehead atoms. The summed E-state index contributed by atoms with van der Waals surface area (Å²) in [5.74, 6) is -0.329. The lowest BCUT2D eigenvalue weighted by Gasteiger charge is -2.15. The van der Waals surface area contributed by atoms with Gasteiger partial charge in [-0.1, -0.05) is 12.1 Å². The summed E-state index contributed by atoms with van der Waals surface area (Å²) in [5.41, 5.74) is 1.48. The zero-order chi connectivity index (χ0) is 17.7. The van der Waals surface area contributed by atoms with E-state index < -0.39 is 10.0 Å². The minimum Gasteiger partial charge on any atom is -0.351 e. The molecule has 0 radical (unpaired) electrons. The monoisotopic (exact) mass is 362 g/mol. The van der Waals surface area contributed by atoms with Crippen LogP contribution in [0.25, 0.3) is 0 Å². The summed E-state index contributed by atoms with van der Waals surface area (Å²) < 4.78 is 27.6. The third-order valence-electron chi connectivity index (χ3n) is 4.20. The number of hydrogen-bond acceptors (Lipinski definition) is 4. The van der Waals surface area contributed by atoms with E-state index in [-0.39, 0.29) is 18.2 Å². The van der Waals surface area contributed by atoms with Gasteiger partial charge in [0, 0.05) is 37.6 Å². The molecule has 1 aliphatic heterocycles. The minimum absolute atomic E-state index is 0.0638. The first-order valence-electron chi connectivity index (χ1n) is 8.37. The number of benzene rings is 1. The molecule has 25 heavy (non-hydrogen) atoms. The van der Waals surface area contributed by atoms with Crippen molar-refractivity contribution >= 4 is 15.9 Å². The van der Waals surface area contributed by atoms with Gasteiger partial charge in [0.1, 0.15) is 0 Å². The predicted molar refractivity (Wildman–Crippen MR) is 94.7 cm³/mol. The van der Waals surface area contributed by atoms with E-state index in [4.69, 9.17) is 0 Å². The van der Waals surface area contributed by atoms with E-state index in [2.05, 4.69) is 10.4 Å². The molecule has 1 aromatic carbocycles. The van der Waals surface area contributed by atoms with Crippen molar-refractivity contribution in [1.82, 2.24) is 19.4 Å². The van der Waals surface area contributed by atoms with Crippen LogP contribution in [0.5, 0.6) is 0 Å². The SMILES string of the molecule is O=C(NCCS(=O)(=O)N1CCCC1)c1cccc(Cn2cccn2)c1. The van der Waals surface area contributed by atoms with Gasteiger partial charge in [0.2, 0.25) is 10.0 Å². The van der Waals surface area contributed by atoms with Gasteiger partial charge in [-0.25, -0.2) is 12.7 Å². The second kappa shape index (κ2) is 7.79. The summed E-state index contributed by atoms with van der Waals surface area (Å²) in [5, 5.41) is 6.84. The van der Waals surface area contributed by atoms with E-state index in [1.165, 1.54) is 4.31 Å². The van der Waals surface area contributed by atoms with Gasteiger partial charge in [-0.15, -0.1) is 0 Å². The van der Waals surface area contributed by atoms with Crippen LogP contribution in [-0.2, 0) is 16.6 Å². The summed E-state index contributed by atoms with van der Waals surface area (Å²) in [7, 11) is -3.27. The highest BCUT2D eigenvalue weighted by atomic mass is 32.2. The number of rotatable bonds is 7. The van der Waals surface area contributed by atoms with E-state index in [0.717, 1.165) is 18.4 Å². The number of carbonyl (C=O) groups is 1. The highest BCUT2D eigenvalue weighted by molar-refractivity contribution is 7.89. The number of sulfonamides is 1. The molecule has 2 aromatic rings. The quantitative estimate of drug-likeness (QED) is 0.799. The topological polar surface area (TPSA) is 84.3 Å². The van der Waals surface area contributed by atoms with Gasteiger partial charge in [0.25, 0.3) is 5.91 Å². The molecule has 2 heterocycles. The fourth-order valence-corrected chi connectivity index (χ4v) is 4.32. The second-order valence-electron chi connectivity index (χ2n) is 6.08. The molecule has 1 amide bonds. The summed E-state index contributed by atoms with van der Waals surface area (Å²) in [6.45, 7) is 1.87. The molecule has 0 atom stereocenters. The van der Waals surface area contributed by atoms with Crippen molar-refractivity contribution in [2.45, 2.75) is 19.4 Å². The lowest BCUT2D eigenvalue weighted by Crippen LogP contribution is -2.36. The number of aromatic nitrogens is 2. The van der Waals surface area contributed by atoms with Crippen LogP contribution in [0.1, 0.15) is 28.8 Å². The van der Waals surface area contributed by atoms with Crippen LogP contribution in [0.3, 0.4) is 0 Å². The zero-order valence-electron chi connectivity index (χ0n) is 14.0. The van der Waals surface area contributed by atoms with E-state index in [1.807, 2.05) is 24.4 Å². The van der Waals surface area contributed by atoms with Gasteiger partial charge in [-0.2, -0.15) is 5.10 Å². The van der Waals surface area contributed by atoms with E-state index in [0.29, 0.717) is 25.2 Å². The average Bonchev–Trinajstić information content (AvgIpc) is 3.29. The lowest BCUT2D eigenvalue weighted by molar-refractivity contribution is 0.0956. The zero-order valence-corrected chi connectivity index (χ0v) is 14.8. The van der Waals surface area contributed by atoms with Crippen molar-refractivity contribution in [3.05, 3.63) is 53.9 Å². The summed E-state index contributed by atoms with van der Waals surface area (Å²) >= 11 is 0. The fourth-order valence-electron chi connectivity index (χ4n) is 2.88. The van der Waals surface area contributed by atoms with Crippen LogP contribution < -0.4 is 5.32 Å². The highest BCUT2D eigenvalue weighted by Gasteiger charge is 2.24. The Balaban J connectivity index is 1.54. The first-order valence-corrected chi connectivity index (χ1v) is 9.98. The number of nitrogens with one attached hydrogen (secondary N) is 1. The Bertz CT molecular complexity index is 812. The van der Waals surface area contributed by atoms with Gasteiger partial charge in [-0.05, 0) is 36.6 Å². The van der Waals surface area contributed by atoms with Crippen molar-refractivity contribution in [3.8, 4) is 0 Å². The summed E-state index contributed by atoms with van der Waals surface area (Å²) in [6.07, 6.45) is 5.39. The molecule has 1 fully saturated rings. The molecule has 0 spiro atoms. The Morgan fingerprint density at radius 1 is 1.20 bits per heavy atom. The Hall–Kier alpha value is -2.19. The molecule has 1 N–H and O–H groups in total. The van der Waals surface area contributed by atoms with Crippen LogP contribution in [0, 0.1) is 0 Å². The van der Waals surface area contributed by atoms with Crippen molar-refractivity contribution in [2.24, 2.45) is 0 Å². The lowest BCUT2D eigenvalue weighted by atomic mass is 10.1. The predicted octanol–water partition coefficient (Wildman–Crippen LogP) is 1.09. The Morgan fingerprint density at radius 2 is 2.00 bits per heavy atom. The van der Waals surface area contributed by atoms with Crippen LogP contribution in [0.4, 0.5) is 0 Å². The van der Waals surface area contributed by atoms with Gasteiger partial charge in [0.15, 0.2) is 0 Å². The average molecular weight is 362 g/mol. The molecule has 0 aliphatic carbocycles. The first kappa shape index (κ1) is 17.6. The van der Waals surface area contributed by atoms with Gasteiger partial charge >= 0.3 is 0 Å². The second-order valence-corrected chi connectivity index (χ2v) is 8.17. The van der Waals surface area contributed by atoms with E-state index in [9.17, 15) is 13.2 Å². The number of nitrogens with zero attached hydrogens (tertiary/aromatic N) is 3. The van der Waals surface area contributed by atoms with Crippen LogP contribution in [0.15, 0.2) is 42.7 Å².